The van der Waals surface area contributed by atoms with Crippen LogP contribution in [0.3, 0.4) is 0 Å². The van der Waals surface area contributed by atoms with Crippen molar-refractivity contribution >= 4 is 34.5 Å². The maximum atomic E-state index is 12.3. The largest absolute Gasteiger partial charge is 0.329 e. The van der Waals surface area contributed by atoms with Crippen molar-refractivity contribution < 1.29 is 0 Å². The third-order valence-corrected chi connectivity index (χ3v) is 4.55. The van der Waals surface area contributed by atoms with Crippen LogP contribution < -0.4 is 11.2 Å². The molecule has 2 aromatic heterocycles. The number of H-pyrrole nitrogens is 1. The first-order chi connectivity index (χ1) is 9.40. The molecule has 1 N–H and O–H groups in total. The minimum absolute atomic E-state index is 0.0470. The van der Waals surface area contributed by atoms with Crippen molar-refractivity contribution in [2.45, 2.75) is 32.7 Å². The highest BCUT2D eigenvalue weighted by Gasteiger charge is 2.15. The molecule has 0 spiro atoms. The van der Waals surface area contributed by atoms with Crippen molar-refractivity contribution in [1.82, 2.24) is 9.55 Å². The summed E-state index contributed by atoms with van der Waals surface area (Å²) in [7, 11) is 0. The quantitative estimate of drug-likeness (QED) is 0.873. The molecular formula is C13H14Cl2N2O2S. The van der Waals surface area contributed by atoms with Crippen LogP contribution in [0.1, 0.15) is 30.2 Å². The Morgan fingerprint density at radius 1 is 1.30 bits per heavy atom. The van der Waals surface area contributed by atoms with E-state index in [0.717, 1.165) is 4.88 Å². The monoisotopic (exact) mass is 332 g/mol. The summed E-state index contributed by atoms with van der Waals surface area (Å²) in [6.07, 6.45) is 0.583. The number of hydrogen-bond acceptors (Lipinski definition) is 3. The van der Waals surface area contributed by atoms with Gasteiger partial charge in [0.1, 0.15) is 5.15 Å². The molecule has 0 saturated heterocycles. The smallest absolute Gasteiger partial charge is 0.297 e. The molecule has 0 amide bonds. The fourth-order valence-corrected chi connectivity index (χ4v) is 3.43. The molecular weight excluding hydrogens is 319 g/mol. The van der Waals surface area contributed by atoms with Gasteiger partial charge >= 0.3 is 5.69 Å². The molecule has 2 aromatic rings. The topological polar surface area (TPSA) is 54.9 Å². The van der Waals surface area contributed by atoms with Crippen molar-refractivity contribution in [1.29, 1.82) is 0 Å². The van der Waals surface area contributed by atoms with E-state index in [9.17, 15) is 9.59 Å². The summed E-state index contributed by atoms with van der Waals surface area (Å²) in [6.45, 7) is 4.04. The van der Waals surface area contributed by atoms with E-state index in [1.807, 2.05) is 19.9 Å². The van der Waals surface area contributed by atoms with Crippen LogP contribution in [0.5, 0.6) is 0 Å². The summed E-state index contributed by atoms with van der Waals surface area (Å²) in [5.41, 5.74) is -0.362. The molecule has 0 aliphatic rings. The van der Waals surface area contributed by atoms with Crippen LogP contribution in [0.2, 0.25) is 9.49 Å². The Morgan fingerprint density at radius 3 is 2.55 bits per heavy atom. The molecule has 0 fully saturated rings. The highest BCUT2D eigenvalue weighted by molar-refractivity contribution is 7.16. The Kier molecular flexibility index (Phi) is 4.73. The molecule has 20 heavy (non-hydrogen) atoms. The highest BCUT2D eigenvalue weighted by atomic mass is 35.5. The summed E-state index contributed by atoms with van der Waals surface area (Å²) in [5.74, 6) is -0.0470. The summed E-state index contributed by atoms with van der Waals surface area (Å²) in [5, 5.41) is 0.130. The van der Waals surface area contributed by atoms with Crippen LogP contribution in [0, 0.1) is 0 Å². The van der Waals surface area contributed by atoms with E-state index in [-0.39, 0.29) is 16.6 Å². The molecule has 0 atom stereocenters. The van der Waals surface area contributed by atoms with E-state index in [1.165, 1.54) is 15.9 Å². The molecule has 0 bridgehead atoms. The second kappa shape index (κ2) is 6.16. The molecule has 2 rings (SSSR count). The van der Waals surface area contributed by atoms with Crippen LogP contribution in [0.4, 0.5) is 0 Å². The molecule has 0 saturated carbocycles. The number of hydrogen-bond donors (Lipinski definition) is 1. The van der Waals surface area contributed by atoms with Crippen LogP contribution in [-0.2, 0) is 13.0 Å². The second-order valence-electron chi connectivity index (χ2n) is 4.73. The van der Waals surface area contributed by atoms with E-state index < -0.39 is 5.69 Å². The van der Waals surface area contributed by atoms with Gasteiger partial charge in [0.25, 0.3) is 5.56 Å². The van der Waals surface area contributed by atoms with Gasteiger partial charge in [-0.2, -0.15) is 0 Å². The van der Waals surface area contributed by atoms with Gasteiger partial charge in [-0.05, 0) is 18.1 Å². The van der Waals surface area contributed by atoms with Crippen molar-refractivity contribution in [2.24, 2.45) is 0 Å². The third kappa shape index (κ3) is 3.16. The summed E-state index contributed by atoms with van der Waals surface area (Å²) < 4.78 is 1.88. The first-order valence-electron chi connectivity index (χ1n) is 6.17. The number of aryl methyl sites for hydroxylation is 1. The van der Waals surface area contributed by atoms with Gasteiger partial charge in [-0.25, -0.2) is 4.79 Å². The lowest BCUT2D eigenvalue weighted by Crippen LogP contribution is -2.38. The van der Waals surface area contributed by atoms with Gasteiger partial charge in [-0.3, -0.25) is 14.3 Å². The average Bonchev–Trinajstić information content (AvgIpc) is 2.73. The standard InChI is InChI=1S/C13H14Cl2N2O2S/c1-7(2)10-11(15)16-13(19)17(12(10)18)6-5-8-3-4-9(14)20-8/h3-4,7H,5-6H2,1-2H3,(H,16,19). The molecule has 0 aliphatic heterocycles. The first kappa shape index (κ1) is 15.4. The lowest BCUT2D eigenvalue weighted by Gasteiger charge is -2.10. The van der Waals surface area contributed by atoms with E-state index in [1.54, 1.807) is 6.07 Å². The van der Waals surface area contributed by atoms with Crippen LogP contribution in [0.25, 0.3) is 0 Å². The summed E-state index contributed by atoms with van der Waals surface area (Å²) >= 11 is 13.2. The fourth-order valence-electron chi connectivity index (χ4n) is 1.97. The van der Waals surface area contributed by atoms with E-state index >= 15 is 0 Å². The number of thiophene rings is 1. The Balaban J connectivity index is 2.34. The molecule has 0 radical (unpaired) electrons. The van der Waals surface area contributed by atoms with Crippen LogP contribution in [0.15, 0.2) is 21.7 Å². The van der Waals surface area contributed by atoms with E-state index in [4.69, 9.17) is 23.2 Å². The molecule has 7 heteroatoms. The minimum atomic E-state index is -0.480. The molecule has 4 nitrogen and oxygen atoms in total. The molecule has 0 unspecified atom stereocenters. The predicted octanol–water partition coefficient (Wildman–Crippen LogP) is 3.27. The zero-order valence-electron chi connectivity index (χ0n) is 11.1. The van der Waals surface area contributed by atoms with Crippen molar-refractivity contribution in [2.75, 3.05) is 0 Å². The molecule has 108 valence electrons. The predicted molar refractivity (Wildman–Crippen MR) is 83.5 cm³/mol. The first-order valence-corrected chi connectivity index (χ1v) is 7.74. The van der Waals surface area contributed by atoms with Crippen LogP contribution >= 0.6 is 34.5 Å². The number of rotatable bonds is 4. The number of aromatic amines is 1. The summed E-state index contributed by atoms with van der Waals surface area (Å²) in [4.78, 5) is 27.7. The normalized spacial score (nSPS) is 11.2. The SMILES string of the molecule is CC(C)c1c(Cl)[nH]c(=O)n(CCc2ccc(Cl)s2)c1=O. The van der Waals surface area contributed by atoms with E-state index in [2.05, 4.69) is 4.98 Å². The zero-order chi connectivity index (χ0) is 14.9. The number of nitrogens with one attached hydrogen (secondary N) is 1. The minimum Gasteiger partial charge on any atom is -0.297 e. The van der Waals surface area contributed by atoms with E-state index in [0.29, 0.717) is 22.9 Å². The van der Waals surface area contributed by atoms with Gasteiger partial charge in [0.05, 0.1) is 9.90 Å². The second-order valence-corrected chi connectivity index (χ2v) is 6.90. The highest BCUT2D eigenvalue weighted by Crippen LogP contribution is 2.22. The third-order valence-electron chi connectivity index (χ3n) is 2.96. The Morgan fingerprint density at radius 2 is 2.00 bits per heavy atom. The maximum absolute atomic E-state index is 12.3. The lowest BCUT2D eigenvalue weighted by molar-refractivity contribution is 0.615. The number of aromatic nitrogens is 2. The Bertz CT molecular complexity index is 731. The number of nitrogens with zero attached hydrogens (tertiary/aromatic N) is 1. The van der Waals surface area contributed by atoms with Gasteiger partial charge < -0.3 is 0 Å². The van der Waals surface area contributed by atoms with Gasteiger partial charge in [0.15, 0.2) is 0 Å². The van der Waals surface area contributed by atoms with Gasteiger partial charge in [-0.1, -0.05) is 37.0 Å². The molecule has 2 heterocycles. The summed E-state index contributed by atoms with van der Waals surface area (Å²) in [6, 6.07) is 3.70. The maximum Gasteiger partial charge on any atom is 0.329 e. The van der Waals surface area contributed by atoms with Crippen molar-refractivity contribution in [3.8, 4) is 0 Å². The number of halogens is 2. The van der Waals surface area contributed by atoms with Gasteiger partial charge in [0.2, 0.25) is 0 Å². The van der Waals surface area contributed by atoms with Gasteiger partial charge in [-0.15, -0.1) is 11.3 Å². The fraction of sp³-hybridized carbons (Fsp3) is 0.385. The Hall–Kier alpha value is -1.04. The Labute approximate surface area is 130 Å². The molecule has 0 aliphatic carbocycles. The lowest BCUT2D eigenvalue weighted by atomic mass is 10.1. The molecule has 0 aromatic carbocycles. The zero-order valence-corrected chi connectivity index (χ0v) is 13.4. The van der Waals surface area contributed by atoms with Crippen LogP contribution in [-0.4, -0.2) is 9.55 Å². The van der Waals surface area contributed by atoms with Crippen molar-refractivity contribution in [3.05, 3.63) is 52.9 Å². The average molecular weight is 333 g/mol. The van der Waals surface area contributed by atoms with Crippen molar-refractivity contribution in [3.63, 3.8) is 0 Å². The van der Waals surface area contributed by atoms with Gasteiger partial charge in [0, 0.05) is 17.8 Å².